The lowest BCUT2D eigenvalue weighted by Gasteiger charge is -2.26. The molecular weight excluding hydrogens is 248 g/mol. The number of nitrogens with zero attached hydrogens (tertiary/aromatic N) is 3. The predicted molar refractivity (Wildman–Crippen MR) is 84.6 cm³/mol. The van der Waals surface area contributed by atoms with Gasteiger partial charge in [-0.1, -0.05) is 40.7 Å². The Kier molecular flexibility index (Phi) is 6.40. The fourth-order valence-electron chi connectivity index (χ4n) is 2.14. The van der Waals surface area contributed by atoms with Crippen molar-refractivity contribution >= 4 is 0 Å². The van der Waals surface area contributed by atoms with E-state index >= 15 is 0 Å². The minimum atomic E-state index is 0.0106. The Morgan fingerprint density at radius 1 is 1.35 bits per heavy atom. The Balaban J connectivity index is 2.67. The third-order valence-corrected chi connectivity index (χ3v) is 3.37. The topological polar surface area (TPSA) is 42.7 Å². The molecule has 0 aliphatic rings. The summed E-state index contributed by atoms with van der Waals surface area (Å²) >= 11 is 0. The van der Waals surface area contributed by atoms with Crippen LogP contribution >= 0.6 is 0 Å². The van der Waals surface area contributed by atoms with Crippen LogP contribution in [0.4, 0.5) is 0 Å². The molecule has 0 aliphatic carbocycles. The van der Waals surface area contributed by atoms with Gasteiger partial charge in [-0.25, -0.2) is 9.67 Å². The third kappa shape index (κ3) is 5.45. The third-order valence-electron chi connectivity index (χ3n) is 3.37. The van der Waals surface area contributed by atoms with Gasteiger partial charge in [0.15, 0.2) is 0 Å². The van der Waals surface area contributed by atoms with E-state index in [0.717, 1.165) is 31.9 Å². The van der Waals surface area contributed by atoms with Gasteiger partial charge in [-0.15, -0.1) is 6.58 Å². The highest BCUT2D eigenvalue weighted by Gasteiger charge is 2.23. The number of nitrogens with one attached hydrogen (secondary N) is 1. The van der Waals surface area contributed by atoms with Crippen LogP contribution in [0.1, 0.15) is 40.4 Å². The molecule has 0 aliphatic heterocycles. The molecule has 4 nitrogen and oxygen atoms in total. The molecule has 0 amide bonds. The van der Waals surface area contributed by atoms with Gasteiger partial charge in [0.05, 0.1) is 0 Å². The van der Waals surface area contributed by atoms with E-state index in [1.54, 1.807) is 6.33 Å². The quantitative estimate of drug-likeness (QED) is 0.706. The van der Waals surface area contributed by atoms with Crippen LogP contribution in [0.15, 0.2) is 19.0 Å². The molecule has 0 spiro atoms. The molecule has 0 fully saturated rings. The van der Waals surface area contributed by atoms with Crippen molar-refractivity contribution in [3.05, 3.63) is 24.8 Å². The first-order valence-corrected chi connectivity index (χ1v) is 7.57. The van der Waals surface area contributed by atoms with Crippen molar-refractivity contribution in [1.82, 2.24) is 20.1 Å². The molecule has 1 aromatic heterocycles. The Hall–Kier alpha value is -1.16. The average Bonchev–Trinajstić information content (AvgIpc) is 2.75. The lowest BCUT2D eigenvalue weighted by molar-refractivity contribution is 0.356. The summed E-state index contributed by atoms with van der Waals surface area (Å²) < 4.78 is 2.02. The lowest BCUT2D eigenvalue weighted by Crippen LogP contribution is -2.34. The molecule has 0 radical (unpaired) electrons. The second-order valence-electron chi connectivity index (χ2n) is 6.81. The molecule has 4 heteroatoms. The zero-order valence-electron chi connectivity index (χ0n) is 13.7. The first kappa shape index (κ1) is 16.9. The summed E-state index contributed by atoms with van der Waals surface area (Å²) in [6.45, 7) is 17.9. The summed E-state index contributed by atoms with van der Waals surface area (Å²) in [5.41, 5.74) is 0.0106. The SMILES string of the molecule is C=CC(C)(CNCC(C)C)Cc1ncnn1CC(C)C. The van der Waals surface area contributed by atoms with Gasteiger partial charge in [-0.3, -0.25) is 0 Å². The molecule has 0 aromatic carbocycles. The lowest BCUT2D eigenvalue weighted by atomic mass is 9.86. The van der Waals surface area contributed by atoms with Crippen molar-refractivity contribution in [2.24, 2.45) is 17.3 Å². The van der Waals surface area contributed by atoms with E-state index in [4.69, 9.17) is 0 Å². The van der Waals surface area contributed by atoms with E-state index in [1.807, 2.05) is 10.8 Å². The van der Waals surface area contributed by atoms with Crippen LogP contribution in [0.25, 0.3) is 0 Å². The summed E-state index contributed by atoms with van der Waals surface area (Å²) in [5.74, 6) is 2.28. The fraction of sp³-hybridized carbons (Fsp3) is 0.750. The van der Waals surface area contributed by atoms with Crippen LogP contribution < -0.4 is 5.32 Å². The molecule has 1 aromatic rings. The number of hydrogen-bond acceptors (Lipinski definition) is 3. The van der Waals surface area contributed by atoms with Gasteiger partial charge in [0.2, 0.25) is 0 Å². The first-order chi connectivity index (χ1) is 9.36. The van der Waals surface area contributed by atoms with Gasteiger partial charge < -0.3 is 5.32 Å². The molecule has 0 saturated heterocycles. The van der Waals surface area contributed by atoms with Crippen molar-refractivity contribution < 1.29 is 0 Å². The van der Waals surface area contributed by atoms with Crippen LogP contribution in [0.2, 0.25) is 0 Å². The predicted octanol–water partition coefficient (Wildman–Crippen LogP) is 2.91. The summed E-state index contributed by atoms with van der Waals surface area (Å²) in [7, 11) is 0. The maximum atomic E-state index is 4.42. The number of hydrogen-bond donors (Lipinski definition) is 1. The van der Waals surface area contributed by atoms with Gasteiger partial charge in [0, 0.05) is 24.9 Å². The maximum absolute atomic E-state index is 4.42. The monoisotopic (exact) mass is 278 g/mol. The van der Waals surface area contributed by atoms with E-state index in [2.05, 4.69) is 56.6 Å². The van der Waals surface area contributed by atoms with Gasteiger partial charge in [-0.2, -0.15) is 5.10 Å². The van der Waals surface area contributed by atoms with E-state index in [-0.39, 0.29) is 5.41 Å². The molecule has 1 N–H and O–H groups in total. The zero-order valence-corrected chi connectivity index (χ0v) is 13.7. The van der Waals surface area contributed by atoms with Crippen molar-refractivity contribution in [2.75, 3.05) is 13.1 Å². The number of aromatic nitrogens is 3. The van der Waals surface area contributed by atoms with E-state index in [0.29, 0.717) is 11.8 Å². The summed E-state index contributed by atoms with van der Waals surface area (Å²) in [5, 5.41) is 7.85. The molecule has 1 atom stereocenters. The molecule has 114 valence electrons. The molecular formula is C16H30N4. The van der Waals surface area contributed by atoms with Gasteiger partial charge >= 0.3 is 0 Å². The summed E-state index contributed by atoms with van der Waals surface area (Å²) in [4.78, 5) is 4.42. The molecule has 20 heavy (non-hydrogen) atoms. The van der Waals surface area contributed by atoms with Crippen LogP contribution in [-0.4, -0.2) is 27.9 Å². The van der Waals surface area contributed by atoms with Crippen molar-refractivity contribution in [3.8, 4) is 0 Å². The largest absolute Gasteiger partial charge is 0.316 e. The second-order valence-corrected chi connectivity index (χ2v) is 6.81. The minimum absolute atomic E-state index is 0.0106. The van der Waals surface area contributed by atoms with Crippen molar-refractivity contribution in [2.45, 2.75) is 47.6 Å². The van der Waals surface area contributed by atoms with Gasteiger partial charge in [0.25, 0.3) is 0 Å². The molecule has 1 heterocycles. The fourth-order valence-corrected chi connectivity index (χ4v) is 2.14. The Morgan fingerprint density at radius 3 is 2.60 bits per heavy atom. The molecule has 0 bridgehead atoms. The summed E-state index contributed by atoms with van der Waals surface area (Å²) in [6.07, 6.45) is 4.56. The maximum Gasteiger partial charge on any atom is 0.138 e. The van der Waals surface area contributed by atoms with E-state index < -0.39 is 0 Å². The Morgan fingerprint density at radius 2 is 2.05 bits per heavy atom. The van der Waals surface area contributed by atoms with Crippen molar-refractivity contribution in [3.63, 3.8) is 0 Å². The smallest absolute Gasteiger partial charge is 0.138 e. The van der Waals surface area contributed by atoms with E-state index in [9.17, 15) is 0 Å². The zero-order chi connectivity index (χ0) is 15.2. The van der Waals surface area contributed by atoms with Gasteiger partial charge in [-0.05, 0) is 18.4 Å². The summed E-state index contributed by atoms with van der Waals surface area (Å²) in [6, 6.07) is 0. The first-order valence-electron chi connectivity index (χ1n) is 7.57. The molecule has 1 rings (SSSR count). The average molecular weight is 278 g/mol. The Bertz CT molecular complexity index is 408. The second kappa shape index (κ2) is 7.58. The molecule has 0 saturated carbocycles. The molecule has 1 unspecified atom stereocenters. The Labute approximate surface area is 123 Å². The number of rotatable bonds is 9. The van der Waals surface area contributed by atoms with Crippen LogP contribution in [0.3, 0.4) is 0 Å². The minimum Gasteiger partial charge on any atom is -0.316 e. The normalized spacial score (nSPS) is 14.8. The van der Waals surface area contributed by atoms with Crippen LogP contribution in [0, 0.1) is 17.3 Å². The highest BCUT2D eigenvalue weighted by molar-refractivity contribution is 5.01. The van der Waals surface area contributed by atoms with Gasteiger partial charge in [0.1, 0.15) is 12.2 Å². The van der Waals surface area contributed by atoms with Crippen LogP contribution in [-0.2, 0) is 13.0 Å². The highest BCUT2D eigenvalue weighted by Crippen LogP contribution is 2.22. The van der Waals surface area contributed by atoms with Crippen molar-refractivity contribution in [1.29, 1.82) is 0 Å². The highest BCUT2D eigenvalue weighted by atomic mass is 15.3. The standard InChI is InChI=1S/C16H30N4/c1-7-16(6,11-17-9-13(2)3)8-15-18-12-19-20(15)10-14(4)5/h7,12-14,17H,1,8-11H2,2-6H3. The van der Waals surface area contributed by atoms with Crippen LogP contribution in [0.5, 0.6) is 0 Å². The van der Waals surface area contributed by atoms with E-state index in [1.165, 1.54) is 0 Å².